The average molecular weight is 322 g/mol. The molecule has 1 N–H and O–H groups in total. The molecular formula is C16H19FN2O4. The van der Waals surface area contributed by atoms with Crippen molar-refractivity contribution in [3.05, 3.63) is 35.6 Å². The highest BCUT2D eigenvalue weighted by Gasteiger charge is 2.29. The number of ether oxygens (including phenoxy) is 1. The molecule has 0 unspecified atom stereocenters. The normalized spacial score (nSPS) is 14.6. The molecule has 2 amide bonds. The number of methoxy groups -OCH3 is 1. The standard InChI is InChI=1S/C16H19FN2O4/c1-23-14(20)8-7-13(16(22)19-9-2-10-19)18-15(21)11-3-5-12(17)6-4-11/h3-6,13H,2,7-10H2,1H3,(H,18,21)/t13-/m0/s1. The molecule has 1 aromatic rings. The van der Waals surface area contributed by atoms with E-state index in [0.717, 1.165) is 6.42 Å². The zero-order chi connectivity index (χ0) is 16.8. The topological polar surface area (TPSA) is 75.7 Å². The molecule has 7 heteroatoms. The van der Waals surface area contributed by atoms with Crippen LogP contribution in [0, 0.1) is 5.82 Å². The minimum atomic E-state index is -0.799. The lowest BCUT2D eigenvalue weighted by molar-refractivity contribution is -0.141. The van der Waals surface area contributed by atoms with Gasteiger partial charge >= 0.3 is 5.97 Å². The highest BCUT2D eigenvalue weighted by Crippen LogP contribution is 2.12. The minimum Gasteiger partial charge on any atom is -0.469 e. The summed E-state index contributed by atoms with van der Waals surface area (Å²) in [5.41, 5.74) is 0.255. The number of rotatable bonds is 6. The smallest absolute Gasteiger partial charge is 0.305 e. The number of halogens is 1. The van der Waals surface area contributed by atoms with E-state index in [2.05, 4.69) is 10.1 Å². The summed E-state index contributed by atoms with van der Waals surface area (Å²) in [5.74, 6) is -1.58. The molecule has 6 nitrogen and oxygen atoms in total. The minimum absolute atomic E-state index is 0.0322. The Hall–Kier alpha value is -2.44. The Balaban J connectivity index is 2.02. The van der Waals surface area contributed by atoms with Crippen LogP contribution in [0.1, 0.15) is 29.6 Å². The van der Waals surface area contributed by atoms with Gasteiger partial charge < -0.3 is 15.0 Å². The first kappa shape index (κ1) is 16.9. The largest absolute Gasteiger partial charge is 0.469 e. The van der Waals surface area contributed by atoms with Gasteiger partial charge in [0.2, 0.25) is 5.91 Å². The van der Waals surface area contributed by atoms with Crippen LogP contribution in [0.2, 0.25) is 0 Å². The fourth-order valence-electron chi connectivity index (χ4n) is 2.22. The Kier molecular flexibility index (Phi) is 5.67. The van der Waals surface area contributed by atoms with Gasteiger partial charge in [-0.25, -0.2) is 4.39 Å². The molecule has 124 valence electrons. The molecule has 1 heterocycles. The van der Waals surface area contributed by atoms with Crippen LogP contribution < -0.4 is 5.32 Å². The first-order valence-electron chi connectivity index (χ1n) is 7.43. The van der Waals surface area contributed by atoms with Crippen molar-refractivity contribution in [1.82, 2.24) is 10.2 Å². The molecule has 1 atom stereocenters. The van der Waals surface area contributed by atoms with Crippen molar-refractivity contribution in [3.63, 3.8) is 0 Å². The van der Waals surface area contributed by atoms with Gasteiger partial charge in [-0.3, -0.25) is 14.4 Å². The maximum atomic E-state index is 12.9. The van der Waals surface area contributed by atoms with Gasteiger partial charge in [0.05, 0.1) is 7.11 Å². The summed E-state index contributed by atoms with van der Waals surface area (Å²) in [6.45, 7) is 1.31. The van der Waals surface area contributed by atoms with Crippen molar-refractivity contribution in [2.24, 2.45) is 0 Å². The number of hydrogen-bond acceptors (Lipinski definition) is 4. The predicted octanol–water partition coefficient (Wildman–Crippen LogP) is 1.11. The number of carbonyl (C=O) groups is 3. The van der Waals surface area contributed by atoms with Crippen molar-refractivity contribution in [2.75, 3.05) is 20.2 Å². The Morgan fingerprint density at radius 3 is 2.43 bits per heavy atom. The maximum absolute atomic E-state index is 12.9. The van der Waals surface area contributed by atoms with E-state index in [1.165, 1.54) is 31.4 Å². The molecule has 0 bridgehead atoms. The van der Waals surface area contributed by atoms with E-state index >= 15 is 0 Å². The third-order valence-corrected chi connectivity index (χ3v) is 3.74. The van der Waals surface area contributed by atoms with Gasteiger partial charge in [-0.05, 0) is 37.1 Å². The van der Waals surface area contributed by atoms with Crippen LogP contribution in [0.25, 0.3) is 0 Å². The molecule has 0 radical (unpaired) electrons. The summed E-state index contributed by atoms with van der Waals surface area (Å²) in [6.07, 6.45) is 1.13. The van der Waals surface area contributed by atoms with E-state index in [0.29, 0.717) is 13.1 Å². The van der Waals surface area contributed by atoms with E-state index in [9.17, 15) is 18.8 Å². The maximum Gasteiger partial charge on any atom is 0.305 e. The van der Waals surface area contributed by atoms with Crippen LogP contribution in [-0.2, 0) is 14.3 Å². The zero-order valence-corrected chi connectivity index (χ0v) is 12.9. The number of benzene rings is 1. The first-order valence-corrected chi connectivity index (χ1v) is 7.43. The molecule has 0 aliphatic carbocycles. The number of nitrogens with zero attached hydrogens (tertiary/aromatic N) is 1. The molecule has 23 heavy (non-hydrogen) atoms. The van der Waals surface area contributed by atoms with Crippen molar-refractivity contribution in [3.8, 4) is 0 Å². The van der Waals surface area contributed by atoms with Gasteiger partial charge in [-0.15, -0.1) is 0 Å². The summed E-state index contributed by atoms with van der Waals surface area (Å²) < 4.78 is 17.5. The molecule has 1 saturated heterocycles. The van der Waals surface area contributed by atoms with E-state index in [-0.39, 0.29) is 24.3 Å². The van der Waals surface area contributed by atoms with Crippen LogP contribution in [0.15, 0.2) is 24.3 Å². The average Bonchev–Trinajstić information content (AvgIpc) is 2.49. The van der Waals surface area contributed by atoms with Gasteiger partial charge in [-0.1, -0.05) is 0 Å². The second-order valence-corrected chi connectivity index (χ2v) is 5.33. The Morgan fingerprint density at radius 1 is 1.26 bits per heavy atom. The Bertz CT molecular complexity index is 584. The number of carbonyl (C=O) groups excluding carboxylic acids is 3. The SMILES string of the molecule is COC(=O)CC[C@H](NC(=O)c1ccc(F)cc1)C(=O)N1CCC1. The molecule has 2 rings (SSSR count). The molecule has 1 aliphatic heterocycles. The van der Waals surface area contributed by atoms with Crippen LogP contribution in [-0.4, -0.2) is 48.9 Å². The zero-order valence-electron chi connectivity index (χ0n) is 12.9. The fraction of sp³-hybridized carbons (Fsp3) is 0.438. The van der Waals surface area contributed by atoms with Crippen molar-refractivity contribution >= 4 is 17.8 Å². The van der Waals surface area contributed by atoms with Crippen molar-refractivity contribution in [2.45, 2.75) is 25.3 Å². The van der Waals surface area contributed by atoms with Crippen molar-refractivity contribution in [1.29, 1.82) is 0 Å². The molecule has 0 spiro atoms. The third-order valence-electron chi connectivity index (χ3n) is 3.74. The van der Waals surface area contributed by atoms with E-state index < -0.39 is 23.7 Å². The summed E-state index contributed by atoms with van der Waals surface area (Å²) in [4.78, 5) is 37.5. The number of esters is 1. The molecule has 1 fully saturated rings. The fourth-order valence-corrected chi connectivity index (χ4v) is 2.22. The van der Waals surface area contributed by atoms with E-state index in [4.69, 9.17) is 0 Å². The van der Waals surface area contributed by atoms with Gasteiger partial charge in [0.15, 0.2) is 0 Å². The molecule has 0 saturated carbocycles. The monoisotopic (exact) mass is 322 g/mol. The first-order chi connectivity index (χ1) is 11.0. The van der Waals surface area contributed by atoms with Gasteiger partial charge in [0.25, 0.3) is 5.91 Å². The molecule has 1 aliphatic rings. The lowest BCUT2D eigenvalue weighted by Gasteiger charge is -2.34. The summed E-state index contributed by atoms with van der Waals surface area (Å²) in [7, 11) is 1.27. The van der Waals surface area contributed by atoms with Gasteiger partial charge in [0, 0.05) is 25.1 Å². The van der Waals surface area contributed by atoms with Crippen LogP contribution in [0.3, 0.4) is 0 Å². The molecule has 1 aromatic carbocycles. The second-order valence-electron chi connectivity index (χ2n) is 5.33. The summed E-state index contributed by atoms with van der Waals surface area (Å²) in [5, 5.41) is 2.62. The third kappa shape index (κ3) is 4.51. The van der Waals surface area contributed by atoms with E-state index in [1.54, 1.807) is 4.90 Å². The molecule has 0 aromatic heterocycles. The highest BCUT2D eigenvalue weighted by molar-refractivity contribution is 5.97. The molecular weight excluding hydrogens is 303 g/mol. The number of amides is 2. The number of nitrogens with one attached hydrogen (secondary N) is 1. The lowest BCUT2D eigenvalue weighted by atomic mass is 10.1. The van der Waals surface area contributed by atoms with Gasteiger partial charge in [0.1, 0.15) is 11.9 Å². The Morgan fingerprint density at radius 2 is 1.91 bits per heavy atom. The number of hydrogen-bond donors (Lipinski definition) is 1. The second kappa shape index (κ2) is 7.71. The summed E-state index contributed by atoms with van der Waals surface area (Å²) in [6, 6.07) is 4.24. The predicted molar refractivity (Wildman–Crippen MR) is 80.1 cm³/mol. The highest BCUT2D eigenvalue weighted by atomic mass is 19.1. The number of likely N-dealkylation sites (tertiary alicyclic amines) is 1. The van der Waals surface area contributed by atoms with Crippen LogP contribution in [0.5, 0.6) is 0 Å². The van der Waals surface area contributed by atoms with Crippen molar-refractivity contribution < 1.29 is 23.5 Å². The lowest BCUT2D eigenvalue weighted by Crippen LogP contribution is -2.53. The van der Waals surface area contributed by atoms with Crippen LogP contribution >= 0.6 is 0 Å². The van der Waals surface area contributed by atoms with E-state index in [1.807, 2.05) is 0 Å². The summed E-state index contributed by atoms with van der Waals surface area (Å²) >= 11 is 0. The van der Waals surface area contributed by atoms with Gasteiger partial charge in [-0.2, -0.15) is 0 Å². The Labute approximate surface area is 133 Å². The quantitative estimate of drug-likeness (QED) is 0.796. The van der Waals surface area contributed by atoms with Crippen LogP contribution in [0.4, 0.5) is 4.39 Å².